The number of anilines is 2. The Morgan fingerprint density at radius 2 is 2.10 bits per heavy atom. The van der Waals surface area contributed by atoms with E-state index >= 15 is 0 Å². The van der Waals surface area contributed by atoms with Gasteiger partial charge in [-0.3, -0.25) is 4.72 Å². The maximum Gasteiger partial charge on any atom is 0.339 e. The maximum atomic E-state index is 12.3. The molecule has 0 aliphatic carbocycles. The highest BCUT2D eigenvalue weighted by Crippen LogP contribution is 2.22. The van der Waals surface area contributed by atoms with Gasteiger partial charge in [-0.25, -0.2) is 13.2 Å². The van der Waals surface area contributed by atoms with Crippen LogP contribution in [0.5, 0.6) is 0 Å². The number of nitrogen functional groups attached to an aromatic ring is 1. The molecule has 0 fully saturated rings. The number of hydrogen-bond donors (Lipinski definition) is 2. The maximum absolute atomic E-state index is 12.3. The Balaban J connectivity index is 2.48. The largest absolute Gasteiger partial charge is 0.465 e. The van der Waals surface area contributed by atoms with Crippen LogP contribution < -0.4 is 10.5 Å². The number of aromatic nitrogens is 1. The lowest BCUT2D eigenvalue weighted by molar-refractivity contribution is 0.0596. The first-order chi connectivity index (χ1) is 9.83. The van der Waals surface area contributed by atoms with E-state index in [4.69, 9.17) is 10.3 Å². The topological polar surface area (TPSA) is 125 Å². The van der Waals surface area contributed by atoms with Crippen LogP contribution in [0, 0.1) is 6.92 Å². The Hall–Kier alpha value is -2.55. The van der Waals surface area contributed by atoms with Crippen molar-refractivity contribution in [1.29, 1.82) is 0 Å². The van der Waals surface area contributed by atoms with Crippen molar-refractivity contribution in [3.63, 3.8) is 0 Å². The van der Waals surface area contributed by atoms with Crippen LogP contribution in [0.2, 0.25) is 0 Å². The molecule has 0 bridgehead atoms. The van der Waals surface area contributed by atoms with Crippen molar-refractivity contribution in [2.75, 3.05) is 17.6 Å². The number of methoxy groups -OCH3 is 1. The molecule has 0 radical (unpaired) electrons. The van der Waals surface area contributed by atoms with E-state index in [-0.39, 0.29) is 22.0 Å². The van der Waals surface area contributed by atoms with E-state index in [1.807, 2.05) is 0 Å². The number of hydrogen-bond acceptors (Lipinski definition) is 7. The molecule has 1 aromatic heterocycles. The molecule has 2 rings (SSSR count). The van der Waals surface area contributed by atoms with Gasteiger partial charge in [0.25, 0.3) is 10.0 Å². The Morgan fingerprint density at radius 3 is 2.67 bits per heavy atom. The van der Waals surface area contributed by atoms with Crippen LogP contribution in [-0.4, -0.2) is 26.7 Å². The second-order valence-corrected chi connectivity index (χ2v) is 5.83. The predicted molar refractivity (Wildman–Crippen MR) is 74.2 cm³/mol. The fourth-order valence-electron chi connectivity index (χ4n) is 1.65. The molecular formula is C12H13N3O5S. The van der Waals surface area contributed by atoms with Gasteiger partial charge >= 0.3 is 5.97 Å². The quantitative estimate of drug-likeness (QED) is 0.641. The van der Waals surface area contributed by atoms with Gasteiger partial charge in [-0.2, -0.15) is 0 Å². The Bertz CT molecular complexity index is 782. The summed E-state index contributed by atoms with van der Waals surface area (Å²) in [6, 6.07) is 5.26. The standard InChI is InChI=1S/C12H13N3O5S/c1-7-5-11(14-20-7)15-21(17,18)10-6-8(13)3-4-9(10)12(16)19-2/h3-6H,13H2,1-2H3,(H,14,15). The first-order valence-corrected chi connectivity index (χ1v) is 7.26. The van der Waals surface area contributed by atoms with Crippen molar-refractivity contribution in [3.8, 4) is 0 Å². The van der Waals surface area contributed by atoms with Crippen LogP contribution in [0.3, 0.4) is 0 Å². The number of rotatable bonds is 4. The van der Waals surface area contributed by atoms with Crippen LogP contribution in [0.25, 0.3) is 0 Å². The van der Waals surface area contributed by atoms with E-state index in [9.17, 15) is 13.2 Å². The van der Waals surface area contributed by atoms with Crippen LogP contribution >= 0.6 is 0 Å². The first kappa shape index (κ1) is 14.9. The molecule has 112 valence electrons. The summed E-state index contributed by atoms with van der Waals surface area (Å²) < 4.78 is 36.2. The average Bonchev–Trinajstić information content (AvgIpc) is 2.82. The number of sulfonamides is 1. The molecule has 0 aliphatic heterocycles. The van der Waals surface area contributed by atoms with Crippen molar-refractivity contribution in [2.24, 2.45) is 0 Å². The molecule has 0 unspecified atom stereocenters. The average molecular weight is 311 g/mol. The highest BCUT2D eigenvalue weighted by Gasteiger charge is 2.24. The van der Waals surface area contributed by atoms with Gasteiger partial charge in [-0.1, -0.05) is 5.16 Å². The molecule has 1 aromatic carbocycles. The Labute approximate surface area is 120 Å². The predicted octanol–water partition coefficient (Wildman–Crippen LogP) is 1.15. The molecule has 0 amide bonds. The monoisotopic (exact) mass is 311 g/mol. The summed E-state index contributed by atoms with van der Waals surface area (Å²) in [5, 5.41) is 3.53. The minimum atomic E-state index is -4.06. The summed E-state index contributed by atoms with van der Waals surface area (Å²) in [7, 11) is -2.91. The lowest BCUT2D eigenvalue weighted by Crippen LogP contribution is -2.18. The number of benzene rings is 1. The van der Waals surface area contributed by atoms with E-state index in [0.717, 1.165) is 7.11 Å². The molecule has 0 saturated carbocycles. The molecule has 9 heteroatoms. The second-order valence-electron chi connectivity index (χ2n) is 4.18. The van der Waals surface area contributed by atoms with Gasteiger partial charge in [-0.05, 0) is 25.1 Å². The molecule has 3 N–H and O–H groups in total. The zero-order chi connectivity index (χ0) is 15.6. The third kappa shape index (κ3) is 3.14. The fourth-order valence-corrected chi connectivity index (χ4v) is 2.86. The van der Waals surface area contributed by atoms with Crippen LogP contribution in [-0.2, 0) is 14.8 Å². The van der Waals surface area contributed by atoms with Crippen LogP contribution in [0.15, 0.2) is 33.7 Å². The molecule has 8 nitrogen and oxygen atoms in total. The number of carbonyl (C=O) groups excluding carboxylic acids is 1. The van der Waals surface area contributed by atoms with Gasteiger partial charge in [0.05, 0.1) is 12.7 Å². The summed E-state index contributed by atoms with van der Waals surface area (Å²) in [5.41, 5.74) is 5.65. The molecule has 1 heterocycles. The van der Waals surface area contributed by atoms with Crippen molar-refractivity contribution >= 4 is 27.5 Å². The smallest absolute Gasteiger partial charge is 0.339 e. The number of ether oxygens (including phenoxy) is 1. The summed E-state index contributed by atoms with van der Waals surface area (Å²) in [6.07, 6.45) is 0. The van der Waals surface area contributed by atoms with E-state index < -0.39 is 16.0 Å². The summed E-state index contributed by atoms with van der Waals surface area (Å²) >= 11 is 0. The highest BCUT2D eigenvalue weighted by atomic mass is 32.2. The number of nitrogens with zero attached hydrogens (tertiary/aromatic N) is 1. The van der Waals surface area contributed by atoms with Crippen molar-refractivity contribution in [2.45, 2.75) is 11.8 Å². The molecule has 21 heavy (non-hydrogen) atoms. The van der Waals surface area contributed by atoms with Gasteiger partial charge in [-0.15, -0.1) is 0 Å². The van der Waals surface area contributed by atoms with Crippen molar-refractivity contribution < 1.29 is 22.5 Å². The third-order valence-corrected chi connectivity index (χ3v) is 3.96. The fraction of sp³-hybridized carbons (Fsp3) is 0.167. The Morgan fingerprint density at radius 1 is 1.38 bits per heavy atom. The van der Waals surface area contributed by atoms with Gasteiger partial charge in [0.15, 0.2) is 5.82 Å². The van der Waals surface area contributed by atoms with Gasteiger partial charge < -0.3 is 15.0 Å². The number of nitrogens with one attached hydrogen (secondary N) is 1. The summed E-state index contributed by atoms with van der Waals surface area (Å²) in [5.74, 6) is -0.342. The van der Waals surface area contributed by atoms with E-state index in [1.165, 1.54) is 24.3 Å². The van der Waals surface area contributed by atoms with Gasteiger partial charge in [0, 0.05) is 11.8 Å². The van der Waals surface area contributed by atoms with Gasteiger partial charge in [0.1, 0.15) is 10.7 Å². The Kier molecular flexibility index (Phi) is 3.85. The number of aryl methyl sites for hydroxylation is 1. The second kappa shape index (κ2) is 5.44. The van der Waals surface area contributed by atoms with E-state index in [2.05, 4.69) is 14.6 Å². The lowest BCUT2D eigenvalue weighted by Gasteiger charge is -2.10. The first-order valence-electron chi connectivity index (χ1n) is 5.77. The lowest BCUT2D eigenvalue weighted by atomic mass is 10.2. The molecular weight excluding hydrogens is 298 g/mol. The normalized spacial score (nSPS) is 11.1. The molecule has 0 saturated heterocycles. The summed E-state index contributed by atoms with van der Waals surface area (Å²) in [4.78, 5) is 11.4. The van der Waals surface area contributed by atoms with Gasteiger partial charge in [0.2, 0.25) is 0 Å². The molecule has 0 atom stereocenters. The third-order valence-electron chi connectivity index (χ3n) is 2.57. The number of carbonyl (C=O) groups is 1. The SMILES string of the molecule is COC(=O)c1ccc(N)cc1S(=O)(=O)Nc1cc(C)on1. The van der Waals surface area contributed by atoms with E-state index in [1.54, 1.807) is 6.92 Å². The number of esters is 1. The minimum absolute atomic E-state index is 0.00532. The van der Waals surface area contributed by atoms with Crippen molar-refractivity contribution in [3.05, 3.63) is 35.6 Å². The molecule has 0 aliphatic rings. The highest BCUT2D eigenvalue weighted by molar-refractivity contribution is 7.92. The zero-order valence-corrected chi connectivity index (χ0v) is 12.1. The molecule has 0 spiro atoms. The zero-order valence-electron chi connectivity index (χ0n) is 11.3. The number of nitrogens with two attached hydrogens (primary N) is 1. The van der Waals surface area contributed by atoms with Crippen LogP contribution in [0.1, 0.15) is 16.1 Å². The van der Waals surface area contributed by atoms with Crippen molar-refractivity contribution in [1.82, 2.24) is 5.16 Å². The summed E-state index contributed by atoms with van der Waals surface area (Å²) in [6.45, 7) is 1.62. The molecule has 2 aromatic rings. The van der Waals surface area contributed by atoms with E-state index in [0.29, 0.717) is 5.76 Å². The van der Waals surface area contributed by atoms with Crippen LogP contribution in [0.4, 0.5) is 11.5 Å². The minimum Gasteiger partial charge on any atom is -0.465 e.